The average molecular weight is 307 g/mol. The zero-order valence-electron chi connectivity index (χ0n) is 10.5. The summed E-state index contributed by atoms with van der Waals surface area (Å²) in [4.78, 5) is 15.0. The van der Waals surface area contributed by atoms with Crippen molar-refractivity contribution >= 4 is 17.6 Å². The first-order valence-corrected chi connectivity index (χ1v) is 5.91. The van der Waals surface area contributed by atoms with Gasteiger partial charge in [0.15, 0.2) is 0 Å². The topological polar surface area (TPSA) is 55.1 Å². The average Bonchev–Trinajstić information content (AvgIpc) is 2.70. The van der Waals surface area contributed by atoms with Gasteiger partial charge in [-0.2, -0.15) is 13.2 Å². The van der Waals surface area contributed by atoms with Gasteiger partial charge in [-0.25, -0.2) is 9.78 Å². The van der Waals surface area contributed by atoms with Crippen molar-refractivity contribution in [1.82, 2.24) is 9.55 Å². The molecule has 0 aliphatic carbocycles. The first-order chi connectivity index (χ1) is 9.06. The Morgan fingerprint density at radius 1 is 1.35 bits per heavy atom. The molecule has 2 heterocycles. The lowest BCUT2D eigenvalue weighted by atomic mass is 10.0. The van der Waals surface area contributed by atoms with Crippen LogP contribution in [0, 0.1) is 0 Å². The molecule has 0 bridgehead atoms. The molecule has 8 heteroatoms. The molecule has 2 aliphatic heterocycles. The third kappa shape index (κ3) is 2.11. The van der Waals surface area contributed by atoms with E-state index in [2.05, 4.69) is 4.98 Å². The normalized spacial score (nSPS) is 12.9. The molecule has 2 rings (SSSR count). The summed E-state index contributed by atoms with van der Waals surface area (Å²) in [5.41, 5.74) is -2.63. The number of carbonyl (C=O) groups is 1. The van der Waals surface area contributed by atoms with Gasteiger partial charge in [0.05, 0.1) is 5.56 Å². The number of aromatic nitrogens is 2. The number of aliphatic carboxylic acids is 1. The Morgan fingerprint density at radius 2 is 1.95 bits per heavy atom. The minimum absolute atomic E-state index is 0.00303. The van der Waals surface area contributed by atoms with Crippen molar-refractivity contribution < 1.29 is 23.1 Å². The first-order valence-electron chi connectivity index (χ1n) is 5.54. The van der Waals surface area contributed by atoms with Gasteiger partial charge in [0.2, 0.25) is 0 Å². The van der Waals surface area contributed by atoms with Gasteiger partial charge in [0.1, 0.15) is 16.5 Å². The van der Waals surface area contributed by atoms with Crippen molar-refractivity contribution in [2.75, 3.05) is 0 Å². The standard InChI is InChI=1S/C12H10ClF3N2O2/c1-11(2,10(19)20)18-8(13)4-3-6-7(12(14,15)16)5-17-9(6)18/h3-5H,1-2H3,(H,19,20). The number of nitrogens with zero attached hydrogens (tertiary/aromatic N) is 2. The molecule has 0 aromatic rings. The third-order valence-corrected chi connectivity index (χ3v) is 3.34. The molecule has 0 radical (unpaired) electrons. The number of halogens is 4. The van der Waals surface area contributed by atoms with Gasteiger partial charge >= 0.3 is 12.1 Å². The first kappa shape index (κ1) is 14.6. The van der Waals surface area contributed by atoms with E-state index in [4.69, 9.17) is 11.6 Å². The molecular weight excluding hydrogens is 297 g/mol. The van der Waals surface area contributed by atoms with E-state index in [0.29, 0.717) is 6.20 Å². The number of rotatable bonds is 2. The highest BCUT2D eigenvalue weighted by Crippen LogP contribution is 2.40. The smallest absolute Gasteiger partial charge is 0.418 e. The SMILES string of the molecule is CC(C)(C(=O)O)n1c(Cl)ccc2c(C(F)(F)F)cnc1-2. The summed E-state index contributed by atoms with van der Waals surface area (Å²) in [7, 11) is 0. The Balaban J connectivity index is 2.74. The Kier molecular flexibility index (Phi) is 3.20. The fraction of sp³-hybridized carbons (Fsp3) is 0.333. The molecule has 0 saturated heterocycles. The van der Waals surface area contributed by atoms with Crippen LogP contribution in [0.15, 0.2) is 18.3 Å². The Morgan fingerprint density at radius 3 is 2.45 bits per heavy atom. The van der Waals surface area contributed by atoms with Gasteiger partial charge in [0, 0.05) is 11.8 Å². The molecule has 0 aromatic carbocycles. The maximum absolute atomic E-state index is 12.8. The van der Waals surface area contributed by atoms with E-state index in [9.17, 15) is 23.1 Å². The van der Waals surface area contributed by atoms with Crippen LogP contribution in [0.25, 0.3) is 11.4 Å². The Hall–Kier alpha value is -1.76. The molecule has 0 saturated carbocycles. The summed E-state index contributed by atoms with van der Waals surface area (Å²) >= 11 is 5.93. The molecule has 0 aromatic heterocycles. The number of hydrogen-bond donors (Lipinski definition) is 1. The molecule has 0 amide bonds. The van der Waals surface area contributed by atoms with Gasteiger partial charge < -0.3 is 5.11 Å². The second kappa shape index (κ2) is 4.37. The predicted molar refractivity (Wildman–Crippen MR) is 65.8 cm³/mol. The molecule has 0 spiro atoms. The van der Waals surface area contributed by atoms with Crippen LogP contribution in [0.5, 0.6) is 0 Å². The van der Waals surface area contributed by atoms with E-state index < -0.39 is 23.2 Å². The largest absolute Gasteiger partial charge is 0.480 e. The molecular formula is C12H10ClF3N2O2. The minimum Gasteiger partial charge on any atom is -0.480 e. The van der Waals surface area contributed by atoms with E-state index in [1.54, 1.807) is 0 Å². The van der Waals surface area contributed by atoms with Gasteiger partial charge in [-0.15, -0.1) is 0 Å². The minimum atomic E-state index is -4.56. The van der Waals surface area contributed by atoms with Crippen molar-refractivity contribution in [2.24, 2.45) is 0 Å². The fourth-order valence-electron chi connectivity index (χ4n) is 1.91. The van der Waals surface area contributed by atoms with E-state index in [1.165, 1.54) is 26.0 Å². The molecule has 108 valence electrons. The lowest BCUT2D eigenvalue weighted by Gasteiger charge is -2.27. The van der Waals surface area contributed by atoms with Crippen molar-refractivity contribution in [3.63, 3.8) is 0 Å². The van der Waals surface area contributed by atoms with Gasteiger partial charge in [0.25, 0.3) is 0 Å². The van der Waals surface area contributed by atoms with E-state index >= 15 is 0 Å². The zero-order valence-corrected chi connectivity index (χ0v) is 11.2. The maximum atomic E-state index is 12.8. The monoisotopic (exact) mass is 306 g/mol. The molecule has 0 fully saturated rings. The van der Waals surface area contributed by atoms with Crippen molar-refractivity contribution in [2.45, 2.75) is 25.6 Å². The van der Waals surface area contributed by atoms with Crippen LogP contribution in [-0.4, -0.2) is 20.6 Å². The van der Waals surface area contributed by atoms with E-state index in [0.717, 1.165) is 4.57 Å². The number of alkyl halides is 3. The van der Waals surface area contributed by atoms with Crippen LogP contribution in [0.3, 0.4) is 0 Å². The van der Waals surface area contributed by atoms with Crippen LogP contribution in [0.4, 0.5) is 13.2 Å². The predicted octanol–water partition coefficient (Wildman–Crippen LogP) is 3.48. The number of carboxylic acid groups (broad SMARTS) is 1. The van der Waals surface area contributed by atoms with Crippen LogP contribution < -0.4 is 0 Å². The highest BCUT2D eigenvalue weighted by Gasteiger charge is 2.40. The lowest BCUT2D eigenvalue weighted by Crippen LogP contribution is -2.37. The molecule has 4 nitrogen and oxygen atoms in total. The van der Waals surface area contributed by atoms with E-state index in [1.807, 2.05) is 0 Å². The third-order valence-electron chi connectivity index (χ3n) is 3.05. The second-order valence-electron chi connectivity index (χ2n) is 4.76. The summed E-state index contributed by atoms with van der Waals surface area (Å²) in [6.45, 7) is 2.67. The van der Waals surface area contributed by atoms with Gasteiger partial charge in [-0.3, -0.25) is 4.57 Å². The van der Waals surface area contributed by atoms with E-state index in [-0.39, 0.29) is 16.5 Å². The van der Waals surface area contributed by atoms with Crippen LogP contribution in [-0.2, 0) is 16.5 Å². The highest BCUT2D eigenvalue weighted by molar-refractivity contribution is 6.30. The number of fused-ring (bicyclic) bond motifs is 1. The summed E-state index contributed by atoms with van der Waals surface area (Å²) in [6, 6.07) is 2.41. The second-order valence-corrected chi connectivity index (χ2v) is 5.15. The van der Waals surface area contributed by atoms with Gasteiger partial charge in [-0.05, 0) is 26.0 Å². The summed E-state index contributed by atoms with van der Waals surface area (Å²) in [5, 5.41) is 9.21. The Bertz CT molecular complexity index is 649. The summed E-state index contributed by atoms with van der Waals surface area (Å²) in [5.74, 6) is -1.34. The van der Waals surface area contributed by atoms with Crippen LogP contribution in [0.2, 0.25) is 5.15 Å². The summed E-state index contributed by atoms with van der Waals surface area (Å²) in [6.07, 6.45) is -3.89. The fourth-order valence-corrected chi connectivity index (χ4v) is 2.26. The number of pyridine rings is 1. The molecule has 0 atom stereocenters. The highest BCUT2D eigenvalue weighted by atomic mass is 35.5. The van der Waals surface area contributed by atoms with Crippen LogP contribution >= 0.6 is 11.6 Å². The molecule has 0 unspecified atom stereocenters. The van der Waals surface area contributed by atoms with Crippen molar-refractivity contribution in [3.05, 3.63) is 29.0 Å². The quantitative estimate of drug-likeness (QED) is 0.864. The van der Waals surface area contributed by atoms with Gasteiger partial charge in [-0.1, -0.05) is 11.6 Å². The summed E-state index contributed by atoms with van der Waals surface area (Å²) < 4.78 is 39.6. The molecule has 2 aliphatic rings. The van der Waals surface area contributed by atoms with Crippen LogP contribution in [0.1, 0.15) is 19.4 Å². The maximum Gasteiger partial charge on any atom is 0.418 e. The molecule has 1 N–H and O–H groups in total. The molecule has 20 heavy (non-hydrogen) atoms. The Labute approximate surface area is 117 Å². The zero-order chi connectivity index (χ0) is 15.3. The lowest BCUT2D eigenvalue weighted by molar-refractivity contribution is -0.145. The van der Waals surface area contributed by atoms with Crippen molar-refractivity contribution in [1.29, 1.82) is 0 Å². The number of hydrogen-bond acceptors (Lipinski definition) is 2. The number of carboxylic acids is 1. The van der Waals surface area contributed by atoms with Crippen molar-refractivity contribution in [3.8, 4) is 11.4 Å².